The predicted molar refractivity (Wildman–Crippen MR) is 102 cm³/mol. The van der Waals surface area contributed by atoms with E-state index in [2.05, 4.69) is 30.2 Å². The molecular weight excluding hydrogens is 334 g/mol. The van der Waals surface area contributed by atoms with Crippen LogP contribution in [0.15, 0.2) is 42.5 Å². The number of carbonyl (C=O) groups is 1. The quantitative estimate of drug-likeness (QED) is 0.866. The van der Waals surface area contributed by atoms with E-state index >= 15 is 0 Å². The minimum Gasteiger partial charge on any atom is -0.347 e. The minimum absolute atomic E-state index is 0.0240. The number of rotatable bonds is 3. The van der Waals surface area contributed by atoms with Crippen molar-refractivity contribution in [2.24, 2.45) is 0 Å². The third kappa shape index (κ3) is 2.47. The zero-order chi connectivity index (χ0) is 17.6. The summed E-state index contributed by atoms with van der Waals surface area (Å²) in [6.45, 7) is 5.19. The summed E-state index contributed by atoms with van der Waals surface area (Å²) in [5.41, 5.74) is 6.87. The summed E-state index contributed by atoms with van der Waals surface area (Å²) in [5.74, 6) is -0.0240. The van der Waals surface area contributed by atoms with E-state index in [4.69, 9.17) is 11.6 Å². The molecule has 25 heavy (non-hydrogen) atoms. The molecule has 1 unspecified atom stereocenters. The molecule has 1 saturated heterocycles. The van der Waals surface area contributed by atoms with Crippen LogP contribution in [0.25, 0.3) is 0 Å². The highest BCUT2D eigenvalue weighted by Crippen LogP contribution is 2.44. The van der Waals surface area contributed by atoms with Crippen molar-refractivity contribution in [1.82, 2.24) is 5.01 Å². The van der Waals surface area contributed by atoms with Crippen LogP contribution in [0.5, 0.6) is 0 Å². The largest absolute Gasteiger partial charge is 0.347 e. The number of aryl methyl sites for hydroxylation is 1. The Labute approximate surface area is 153 Å². The van der Waals surface area contributed by atoms with Crippen LogP contribution >= 0.6 is 11.6 Å². The number of fused-ring (bicyclic) bond motifs is 3. The van der Waals surface area contributed by atoms with Crippen molar-refractivity contribution in [3.8, 4) is 0 Å². The zero-order valence-electron chi connectivity index (χ0n) is 14.6. The second-order valence-corrected chi connectivity index (χ2v) is 7.33. The molecule has 4 rings (SSSR count). The molecule has 1 N–H and O–H groups in total. The van der Waals surface area contributed by atoms with Crippen LogP contribution in [0.3, 0.4) is 0 Å². The fraction of sp³-hybridized carbons (Fsp3) is 0.350. The minimum atomic E-state index is -0.376. The van der Waals surface area contributed by atoms with Crippen molar-refractivity contribution >= 4 is 28.9 Å². The maximum Gasteiger partial charge on any atom is 0.276 e. The Morgan fingerprint density at radius 3 is 2.84 bits per heavy atom. The lowest BCUT2D eigenvalue weighted by Crippen LogP contribution is -2.63. The number of benzene rings is 2. The number of anilines is 2. The fourth-order valence-corrected chi connectivity index (χ4v) is 4.22. The number of amides is 1. The van der Waals surface area contributed by atoms with E-state index in [0.29, 0.717) is 10.6 Å². The average Bonchev–Trinajstić information content (AvgIpc) is 3.01. The van der Waals surface area contributed by atoms with Crippen molar-refractivity contribution in [2.45, 2.75) is 38.8 Å². The first-order valence-electron chi connectivity index (χ1n) is 8.81. The SMILES string of the molecule is CCc1ccccc1NN1C(=O)c2cc(Cl)ccc2N2CCCC12C. The summed E-state index contributed by atoms with van der Waals surface area (Å²) in [7, 11) is 0. The maximum absolute atomic E-state index is 13.3. The van der Waals surface area contributed by atoms with Gasteiger partial charge in [-0.05, 0) is 56.0 Å². The summed E-state index contributed by atoms with van der Waals surface area (Å²) in [6, 6.07) is 13.8. The van der Waals surface area contributed by atoms with E-state index in [1.165, 1.54) is 5.56 Å². The van der Waals surface area contributed by atoms with Gasteiger partial charge in [-0.15, -0.1) is 0 Å². The van der Waals surface area contributed by atoms with Gasteiger partial charge in [-0.25, -0.2) is 5.01 Å². The third-order valence-corrected chi connectivity index (χ3v) is 5.64. The summed E-state index contributed by atoms with van der Waals surface area (Å²) in [5, 5.41) is 2.39. The third-order valence-electron chi connectivity index (χ3n) is 5.41. The van der Waals surface area contributed by atoms with Gasteiger partial charge < -0.3 is 4.90 Å². The van der Waals surface area contributed by atoms with Gasteiger partial charge in [-0.1, -0.05) is 36.7 Å². The van der Waals surface area contributed by atoms with Crippen molar-refractivity contribution in [3.05, 3.63) is 58.6 Å². The highest BCUT2D eigenvalue weighted by Gasteiger charge is 2.49. The first-order chi connectivity index (χ1) is 12.0. The Balaban J connectivity index is 1.80. The molecule has 0 aromatic heterocycles. The van der Waals surface area contributed by atoms with E-state index in [9.17, 15) is 4.79 Å². The van der Waals surface area contributed by atoms with E-state index in [1.54, 1.807) is 11.1 Å². The highest BCUT2D eigenvalue weighted by molar-refractivity contribution is 6.31. The van der Waals surface area contributed by atoms with Gasteiger partial charge in [-0.3, -0.25) is 10.2 Å². The molecule has 0 spiro atoms. The first kappa shape index (κ1) is 16.3. The van der Waals surface area contributed by atoms with E-state index < -0.39 is 0 Å². The maximum atomic E-state index is 13.3. The van der Waals surface area contributed by atoms with Crippen LogP contribution in [0.1, 0.15) is 42.6 Å². The van der Waals surface area contributed by atoms with Crippen LogP contribution in [0, 0.1) is 0 Å². The second kappa shape index (κ2) is 5.95. The van der Waals surface area contributed by atoms with Gasteiger partial charge >= 0.3 is 0 Å². The lowest BCUT2D eigenvalue weighted by molar-refractivity contribution is 0.0579. The average molecular weight is 356 g/mol. The molecule has 1 atom stereocenters. The van der Waals surface area contributed by atoms with Gasteiger partial charge in [0.2, 0.25) is 0 Å². The molecule has 130 valence electrons. The van der Waals surface area contributed by atoms with E-state index in [-0.39, 0.29) is 11.6 Å². The molecule has 0 radical (unpaired) electrons. The van der Waals surface area contributed by atoms with Crippen LogP contribution in [-0.2, 0) is 6.42 Å². The number of hydrogen-bond donors (Lipinski definition) is 1. The van der Waals surface area contributed by atoms with Gasteiger partial charge in [-0.2, -0.15) is 0 Å². The Hall–Kier alpha value is -2.20. The Kier molecular flexibility index (Phi) is 3.88. The molecule has 1 fully saturated rings. The number of carbonyl (C=O) groups excluding carboxylic acids is 1. The first-order valence-corrected chi connectivity index (χ1v) is 9.18. The molecule has 2 heterocycles. The van der Waals surface area contributed by atoms with Crippen LogP contribution in [0.4, 0.5) is 11.4 Å². The van der Waals surface area contributed by atoms with Gasteiger partial charge in [0.15, 0.2) is 0 Å². The Morgan fingerprint density at radius 2 is 2.04 bits per heavy atom. The van der Waals surface area contributed by atoms with Gasteiger partial charge in [0.05, 0.1) is 16.9 Å². The summed E-state index contributed by atoms with van der Waals surface area (Å²) in [4.78, 5) is 15.6. The molecule has 4 nitrogen and oxygen atoms in total. The highest BCUT2D eigenvalue weighted by atomic mass is 35.5. The van der Waals surface area contributed by atoms with Crippen LogP contribution < -0.4 is 10.3 Å². The van der Waals surface area contributed by atoms with Crippen molar-refractivity contribution in [2.75, 3.05) is 16.9 Å². The number of nitrogens with zero attached hydrogens (tertiary/aromatic N) is 2. The topological polar surface area (TPSA) is 35.6 Å². The number of halogens is 1. The fourth-order valence-electron chi connectivity index (χ4n) is 4.04. The van der Waals surface area contributed by atoms with Crippen molar-refractivity contribution < 1.29 is 4.79 Å². The lowest BCUT2D eigenvalue weighted by atomic mass is 10.00. The standard InChI is InChI=1S/C20H22ClN3O/c1-3-14-7-4-5-8-17(14)22-24-19(25)16-13-15(21)9-10-18(16)23-12-6-11-20(23,24)2/h4-5,7-10,13,22H,3,6,11-12H2,1-2H3. The van der Waals surface area contributed by atoms with Crippen LogP contribution in [0.2, 0.25) is 5.02 Å². The Morgan fingerprint density at radius 1 is 1.24 bits per heavy atom. The normalized spacial score (nSPS) is 22.0. The molecule has 2 aromatic rings. The molecule has 2 aliphatic rings. The smallest absolute Gasteiger partial charge is 0.276 e. The monoisotopic (exact) mass is 355 g/mol. The van der Waals surface area contributed by atoms with Crippen molar-refractivity contribution in [3.63, 3.8) is 0 Å². The van der Waals surface area contributed by atoms with E-state index in [0.717, 1.165) is 37.2 Å². The van der Waals surface area contributed by atoms with Crippen LogP contribution in [-0.4, -0.2) is 23.1 Å². The summed E-state index contributed by atoms with van der Waals surface area (Å²) >= 11 is 6.17. The number of hydrazine groups is 1. The molecule has 2 aliphatic heterocycles. The zero-order valence-corrected chi connectivity index (χ0v) is 15.3. The lowest BCUT2D eigenvalue weighted by Gasteiger charge is -2.49. The molecule has 0 bridgehead atoms. The van der Waals surface area contributed by atoms with Gasteiger partial charge in [0.25, 0.3) is 5.91 Å². The summed E-state index contributed by atoms with van der Waals surface area (Å²) in [6.07, 6.45) is 2.90. The molecule has 5 heteroatoms. The molecule has 0 saturated carbocycles. The number of hydrogen-bond acceptors (Lipinski definition) is 3. The number of nitrogens with one attached hydrogen (secondary N) is 1. The van der Waals surface area contributed by atoms with E-state index in [1.807, 2.05) is 30.3 Å². The molecular formula is C20H22ClN3O. The predicted octanol–water partition coefficient (Wildman–Crippen LogP) is 4.70. The number of para-hydroxylation sites is 1. The second-order valence-electron chi connectivity index (χ2n) is 6.90. The molecule has 2 aromatic carbocycles. The molecule has 0 aliphatic carbocycles. The summed E-state index contributed by atoms with van der Waals surface area (Å²) < 4.78 is 0. The van der Waals surface area contributed by atoms with Gasteiger partial charge in [0.1, 0.15) is 5.66 Å². The Bertz CT molecular complexity index is 837. The molecule has 1 amide bonds. The van der Waals surface area contributed by atoms with Gasteiger partial charge in [0, 0.05) is 11.6 Å². The van der Waals surface area contributed by atoms with Crippen molar-refractivity contribution in [1.29, 1.82) is 0 Å².